The van der Waals surface area contributed by atoms with Crippen molar-refractivity contribution in [3.63, 3.8) is 0 Å². The molecule has 110 valence electrons. The maximum absolute atomic E-state index is 3.54. The second kappa shape index (κ2) is 5.73. The third kappa shape index (κ3) is 3.07. The smallest absolute Gasteiger partial charge is 0.0253 e. The van der Waals surface area contributed by atoms with Gasteiger partial charge in [-0.1, -0.05) is 19.9 Å². The first-order chi connectivity index (χ1) is 9.57. The van der Waals surface area contributed by atoms with Crippen LogP contribution in [0.1, 0.15) is 50.7 Å². The number of thioether (sulfide) groups is 1. The van der Waals surface area contributed by atoms with Crippen LogP contribution < -0.4 is 5.32 Å². The molecule has 1 nitrogen and oxygen atoms in total. The Morgan fingerprint density at radius 2 is 2.00 bits per heavy atom. The summed E-state index contributed by atoms with van der Waals surface area (Å²) in [6.45, 7) is 4.85. The monoisotopic (exact) mass is 289 g/mol. The van der Waals surface area contributed by atoms with Crippen LogP contribution in [0.2, 0.25) is 0 Å². The molecule has 0 amide bonds. The fourth-order valence-corrected chi connectivity index (χ4v) is 5.45. The van der Waals surface area contributed by atoms with E-state index in [1.165, 1.54) is 43.4 Å². The van der Waals surface area contributed by atoms with Crippen molar-refractivity contribution in [3.8, 4) is 0 Å². The highest BCUT2D eigenvalue weighted by molar-refractivity contribution is 8.00. The van der Waals surface area contributed by atoms with E-state index in [4.69, 9.17) is 0 Å². The van der Waals surface area contributed by atoms with E-state index in [-0.39, 0.29) is 0 Å². The quantitative estimate of drug-likeness (QED) is 0.883. The molecule has 1 aromatic carbocycles. The first-order valence-corrected chi connectivity index (χ1v) is 8.91. The number of aryl methyl sites for hydroxylation is 2. The van der Waals surface area contributed by atoms with Gasteiger partial charge in [0.1, 0.15) is 0 Å². The summed E-state index contributed by atoms with van der Waals surface area (Å²) < 4.78 is 0. The molecule has 0 radical (unpaired) electrons. The van der Waals surface area contributed by atoms with Gasteiger partial charge < -0.3 is 5.32 Å². The fourth-order valence-electron chi connectivity index (χ4n) is 3.77. The zero-order valence-electron chi connectivity index (χ0n) is 13.0. The first kappa shape index (κ1) is 14.5. The summed E-state index contributed by atoms with van der Waals surface area (Å²) in [6, 6.07) is 7.85. The summed E-state index contributed by atoms with van der Waals surface area (Å²) >= 11 is 2.10. The molecule has 0 saturated heterocycles. The van der Waals surface area contributed by atoms with Crippen molar-refractivity contribution < 1.29 is 0 Å². The molecule has 0 aliphatic heterocycles. The molecule has 1 aromatic rings. The summed E-state index contributed by atoms with van der Waals surface area (Å²) in [5.74, 6) is 0. The third-order valence-electron chi connectivity index (χ3n) is 5.06. The SMILES string of the molecule is CNC1CCC(C)(C)CC1Sc1ccc2c(c1)CCC2. The van der Waals surface area contributed by atoms with Crippen LogP contribution in [0.5, 0.6) is 0 Å². The van der Waals surface area contributed by atoms with E-state index < -0.39 is 0 Å². The molecule has 1 fully saturated rings. The average molecular weight is 289 g/mol. The van der Waals surface area contributed by atoms with Crippen molar-refractivity contribution in [3.05, 3.63) is 29.3 Å². The van der Waals surface area contributed by atoms with Crippen LogP contribution in [-0.4, -0.2) is 18.3 Å². The Morgan fingerprint density at radius 1 is 1.20 bits per heavy atom. The summed E-state index contributed by atoms with van der Waals surface area (Å²) in [4.78, 5) is 1.48. The lowest BCUT2D eigenvalue weighted by Crippen LogP contribution is -2.43. The zero-order valence-corrected chi connectivity index (χ0v) is 13.9. The van der Waals surface area contributed by atoms with Crippen LogP contribution in [0.15, 0.2) is 23.1 Å². The van der Waals surface area contributed by atoms with Gasteiger partial charge in [-0.25, -0.2) is 0 Å². The molecule has 0 spiro atoms. The average Bonchev–Trinajstić information content (AvgIpc) is 2.85. The molecule has 3 rings (SSSR count). The highest BCUT2D eigenvalue weighted by atomic mass is 32.2. The lowest BCUT2D eigenvalue weighted by molar-refractivity contribution is 0.218. The molecule has 20 heavy (non-hydrogen) atoms. The van der Waals surface area contributed by atoms with Gasteiger partial charge in [-0.3, -0.25) is 0 Å². The molecule has 0 bridgehead atoms. The van der Waals surface area contributed by atoms with Crippen molar-refractivity contribution in [2.24, 2.45) is 5.41 Å². The Labute approximate surface area is 127 Å². The van der Waals surface area contributed by atoms with Crippen molar-refractivity contribution >= 4 is 11.8 Å². The van der Waals surface area contributed by atoms with E-state index in [0.29, 0.717) is 16.7 Å². The molecule has 2 aliphatic rings. The fraction of sp³-hybridized carbons (Fsp3) is 0.667. The second-order valence-electron chi connectivity index (χ2n) is 7.24. The Bertz CT molecular complexity index is 480. The van der Waals surface area contributed by atoms with Crippen LogP contribution >= 0.6 is 11.8 Å². The normalized spacial score (nSPS) is 28.4. The third-order valence-corrected chi connectivity index (χ3v) is 6.39. The van der Waals surface area contributed by atoms with E-state index >= 15 is 0 Å². The Balaban J connectivity index is 1.74. The number of hydrogen-bond donors (Lipinski definition) is 1. The highest BCUT2D eigenvalue weighted by Crippen LogP contribution is 2.43. The predicted octanol–water partition coefficient (Wildman–Crippen LogP) is 4.43. The van der Waals surface area contributed by atoms with E-state index in [9.17, 15) is 0 Å². The van der Waals surface area contributed by atoms with Gasteiger partial charge in [0.15, 0.2) is 0 Å². The molecule has 2 atom stereocenters. The highest BCUT2D eigenvalue weighted by Gasteiger charge is 2.34. The molecule has 1 N–H and O–H groups in total. The van der Waals surface area contributed by atoms with Crippen LogP contribution in [0, 0.1) is 5.41 Å². The minimum absolute atomic E-state index is 0.502. The van der Waals surface area contributed by atoms with Gasteiger partial charge in [0.2, 0.25) is 0 Å². The number of nitrogens with one attached hydrogen (secondary N) is 1. The Morgan fingerprint density at radius 3 is 2.80 bits per heavy atom. The molecular weight excluding hydrogens is 262 g/mol. The number of fused-ring (bicyclic) bond motifs is 1. The largest absolute Gasteiger partial charge is 0.316 e. The minimum atomic E-state index is 0.502. The number of hydrogen-bond acceptors (Lipinski definition) is 2. The lowest BCUT2D eigenvalue weighted by atomic mass is 9.75. The van der Waals surface area contributed by atoms with Crippen LogP contribution in [0.4, 0.5) is 0 Å². The Hall–Kier alpha value is -0.470. The van der Waals surface area contributed by atoms with E-state index in [2.05, 4.69) is 56.2 Å². The van der Waals surface area contributed by atoms with E-state index in [0.717, 1.165) is 0 Å². The number of benzene rings is 1. The van der Waals surface area contributed by atoms with Crippen molar-refractivity contribution in [1.29, 1.82) is 0 Å². The van der Waals surface area contributed by atoms with Gasteiger partial charge in [-0.05, 0) is 74.2 Å². The van der Waals surface area contributed by atoms with Gasteiger partial charge >= 0.3 is 0 Å². The summed E-state index contributed by atoms with van der Waals surface area (Å²) in [7, 11) is 2.12. The molecule has 1 saturated carbocycles. The number of rotatable bonds is 3. The van der Waals surface area contributed by atoms with Gasteiger partial charge in [-0.15, -0.1) is 11.8 Å². The van der Waals surface area contributed by atoms with Crippen LogP contribution in [0.3, 0.4) is 0 Å². The van der Waals surface area contributed by atoms with Gasteiger partial charge in [0.05, 0.1) is 0 Å². The maximum Gasteiger partial charge on any atom is 0.0253 e. The lowest BCUT2D eigenvalue weighted by Gasteiger charge is -2.40. The molecule has 2 unspecified atom stereocenters. The van der Waals surface area contributed by atoms with E-state index in [1.54, 1.807) is 11.1 Å². The molecule has 0 heterocycles. The molecular formula is C18H27NS. The molecule has 2 heteroatoms. The summed E-state index contributed by atoms with van der Waals surface area (Å²) in [5, 5.41) is 4.25. The summed E-state index contributed by atoms with van der Waals surface area (Å²) in [6.07, 6.45) is 7.90. The Kier molecular flexibility index (Phi) is 4.14. The van der Waals surface area contributed by atoms with Crippen LogP contribution in [0.25, 0.3) is 0 Å². The maximum atomic E-state index is 3.54. The topological polar surface area (TPSA) is 12.0 Å². The van der Waals surface area contributed by atoms with Crippen molar-refractivity contribution in [2.75, 3.05) is 7.05 Å². The first-order valence-electron chi connectivity index (χ1n) is 8.03. The van der Waals surface area contributed by atoms with Crippen molar-refractivity contribution in [1.82, 2.24) is 5.32 Å². The van der Waals surface area contributed by atoms with Crippen LogP contribution in [-0.2, 0) is 12.8 Å². The minimum Gasteiger partial charge on any atom is -0.316 e. The van der Waals surface area contributed by atoms with E-state index in [1.807, 2.05) is 0 Å². The molecule has 0 aromatic heterocycles. The predicted molar refractivity (Wildman–Crippen MR) is 88.6 cm³/mol. The standard InChI is InChI=1S/C18H27NS/c1-18(2)10-9-16(19-3)17(12-18)20-15-8-7-13-5-4-6-14(13)11-15/h7-8,11,16-17,19H,4-6,9-10,12H2,1-3H3. The summed E-state index contributed by atoms with van der Waals surface area (Å²) in [5.41, 5.74) is 3.69. The molecule has 2 aliphatic carbocycles. The second-order valence-corrected chi connectivity index (χ2v) is 8.56. The van der Waals surface area contributed by atoms with Gasteiger partial charge in [0, 0.05) is 16.2 Å². The zero-order chi connectivity index (χ0) is 14.2. The van der Waals surface area contributed by atoms with Gasteiger partial charge in [-0.2, -0.15) is 0 Å². The van der Waals surface area contributed by atoms with Gasteiger partial charge in [0.25, 0.3) is 0 Å². The van der Waals surface area contributed by atoms with Crippen molar-refractivity contribution in [2.45, 2.75) is 68.6 Å².